The number of nitrogens with one attached hydrogen (secondary N) is 2. The van der Waals surface area contributed by atoms with Crippen molar-refractivity contribution in [3.05, 3.63) is 17.0 Å². The first kappa shape index (κ1) is 15.0. The molecule has 2 rings (SSSR count). The monoisotopic (exact) mass is 281 g/mol. The van der Waals surface area contributed by atoms with Gasteiger partial charge in [0.05, 0.1) is 18.9 Å². The van der Waals surface area contributed by atoms with Gasteiger partial charge in [0.1, 0.15) is 5.76 Å². The summed E-state index contributed by atoms with van der Waals surface area (Å²) >= 11 is 0. The topological polar surface area (TPSA) is 76.4 Å². The van der Waals surface area contributed by atoms with Crippen LogP contribution in [0.2, 0.25) is 0 Å². The number of morpholine rings is 1. The molecule has 2 N–H and O–H groups in total. The summed E-state index contributed by atoms with van der Waals surface area (Å²) in [4.78, 5) is 11.9. The molecule has 1 aromatic heterocycles. The predicted octanol–water partition coefficient (Wildman–Crippen LogP) is 0.794. The van der Waals surface area contributed by atoms with Crippen molar-refractivity contribution < 1.29 is 14.1 Å². The van der Waals surface area contributed by atoms with Crippen LogP contribution in [0.15, 0.2) is 4.52 Å². The molecular weight excluding hydrogens is 258 g/mol. The van der Waals surface area contributed by atoms with Crippen LogP contribution in [0.4, 0.5) is 0 Å². The summed E-state index contributed by atoms with van der Waals surface area (Å²) in [5.41, 5.74) is 1.96. The highest BCUT2D eigenvalue weighted by Gasteiger charge is 2.18. The molecule has 1 aromatic rings. The fourth-order valence-corrected chi connectivity index (χ4v) is 2.37. The van der Waals surface area contributed by atoms with Gasteiger partial charge in [-0.15, -0.1) is 0 Å². The number of aromatic nitrogens is 1. The number of aryl methyl sites for hydroxylation is 2. The van der Waals surface area contributed by atoms with Gasteiger partial charge in [0.25, 0.3) is 0 Å². The SMILES string of the molecule is CCc1noc(CC)c1CNC(=O)CC1COCCN1. The van der Waals surface area contributed by atoms with E-state index in [0.717, 1.165) is 43.0 Å². The van der Waals surface area contributed by atoms with E-state index in [0.29, 0.717) is 19.6 Å². The minimum Gasteiger partial charge on any atom is -0.378 e. The highest BCUT2D eigenvalue weighted by Crippen LogP contribution is 2.15. The van der Waals surface area contributed by atoms with Crippen LogP contribution in [0.5, 0.6) is 0 Å². The Morgan fingerprint density at radius 3 is 2.95 bits per heavy atom. The molecule has 1 amide bonds. The molecule has 0 bridgehead atoms. The van der Waals surface area contributed by atoms with Crippen molar-refractivity contribution in [3.63, 3.8) is 0 Å². The van der Waals surface area contributed by atoms with Crippen LogP contribution in [0.1, 0.15) is 37.3 Å². The van der Waals surface area contributed by atoms with Gasteiger partial charge in [0, 0.05) is 37.5 Å². The molecule has 6 heteroatoms. The van der Waals surface area contributed by atoms with Crippen molar-refractivity contribution in [2.45, 2.75) is 45.7 Å². The third-order valence-electron chi connectivity index (χ3n) is 3.50. The number of nitrogens with zero attached hydrogens (tertiary/aromatic N) is 1. The van der Waals surface area contributed by atoms with E-state index in [-0.39, 0.29) is 11.9 Å². The minimum absolute atomic E-state index is 0.0262. The van der Waals surface area contributed by atoms with Crippen LogP contribution < -0.4 is 10.6 Å². The molecule has 20 heavy (non-hydrogen) atoms. The van der Waals surface area contributed by atoms with Gasteiger partial charge in [-0.2, -0.15) is 0 Å². The lowest BCUT2D eigenvalue weighted by Gasteiger charge is -2.23. The smallest absolute Gasteiger partial charge is 0.221 e. The lowest BCUT2D eigenvalue weighted by molar-refractivity contribution is -0.122. The zero-order valence-electron chi connectivity index (χ0n) is 12.2. The maximum Gasteiger partial charge on any atom is 0.221 e. The average Bonchev–Trinajstić information content (AvgIpc) is 2.88. The van der Waals surface area contributed by atoms with Crippen molar-refractivity contribution in [1.29, 1.82) is 0 Å². The van der Waals surface area contributed by atoms with Gasteiger partial charge in [-0.3, -0.25) is 4.79 Å². The van der Waals surface area contributed by atoms with E-state index >= 15 is 0 Å². The first-order chi connectivity index (χ1) is 9.74. The van der Waals surface area contributed by atoms with Crippen molar-refractivity contribution in [1.82, 2.24) is 15.8 Å². The zero-order valence-corrected chi connectivity index (χ0v) is 12.2. The van der Waals surface area contributed by atoms with Gasteiger partial charge in [0.2, 0.25) is 5.91 Å². The Morgan fingerprint density at radius 2 is 2.30 bits per heavy atom. The molecule has 0 spiro atoms. The molecule has 1 fully saturated rings. The predicted molar refractivity (Wildman–Crippen MR) is 74.3 cm³/mol. The highest BCUT2D eigenvalue weighted by molar-refractivity contribution is 5.76. The summed E-state index contributed by atoms with van der Waals surface area (Å²) in [7, 11) is 0. The highest BCUT2D eigenvalue weighted by atomic mass is 16.5. The number of carbonyl (C=O) groups excluding carboxylic acids is 1. The minimum atomic E-state index is 0.0262. The third kappa shape index (κ3) is 3.80. The molecule has 2 heterocycles. The Kier molecular flexibility index (Phi) is 5.55. The van der Waals surface area contributed by atoms with Crippen molar-refractivity contribution in [2.24, 2.45) is 0 Å². The summed E-state index contributed by atoms with van der Waals surface area (Å²) in [5.74, 6) is 0.889. The van der Waals surface area contributed by atoms with Gasteiger partial charge in [-0.05, 0) is 6.42 Å². The van der Waals surface area contributed by atoms with Crippen molar-refractivity contribution in [3.8, 4) is 0 Å². The van der Waals surface area contributed by atoms with Gasteiger partial charge in [-0.25, -0.2) is 0 Å². The molecular formula is C14H23N3O3. The zero-order chi connectivity index (χ0) is 14.4. The maximum atomic E-state index is 11.9. The average molecular weight is 281 g/mol. The molecule has 6 nitrogen and oxygen atoms in total. The molecule has 0 radical (unpaired) electrons. The van der Waals surface area contributed by atoms with Crippen LogP contribution in [0.3, 0.4) is 0 Å². The maximum absolute atomic E-state index is 11.9. The summed E-state index contributed by atoms with van der Waals surface area (Å²) in [6.07, 6.45) is 2.04. The number of amides is 1. The standard InChI is InChI=1S/C14H23N3O3/c1-3-12-11(13(4-2)20-17-12)8-16-14(18)7-10-9-19-6-5-15-10/h10,15H,3-9H2,1-2H3,(H,16,18). The van der Waals surface area contributed by atoms with E-state index in [1.165, 1.54) is 0 Å². The molecule has 1 unspecified atom stereocenters. The van der Waals surface area contributed by atoms with Gasteiger partial charge >= 0.3 is 0 Å². The van der Waals surface area contributed by atoms with Gasteiger partial charge in [-0.1, -0.05) is 19.0 Å². The normalized spacial score (nSPS) is 19.0. The number of ether oxygens (including phenoxy) is 1. The van der Waals surface area contributed by atoms with Crippen LogP contribution in [0.25, 0.3) is 0 Å². The van der Waals surface area contributed by atoms with Crippen LogP contribution in [-0.2, 0) is 28.9 Å². The Balaban J connectivity index is 1.84. The van der Waals surface area contributed by atoms with Gasteiger partial charge in [0.15, 0.2) is 0 Å². The third-order valence-corrected chi connectivity index (χ3v) is 3.50. The summed E-state index contributed by atoms with van der Waals surface area (Å²) in [6.45, 7) is 6.67. The largest absolute Gasteiger partial charge is 0.378 e. The van der Waals surface area contributed by atoms with E-state index < -0.39 is 0 Å². The Bertz CT molecular complexity index is 417. The quantitative estimate of drug-likeness (QED) is 0.806. The first-order valence-corrected chi connectivity index (χ1v) is 7.28. The van der Waals surface area contributed by atoms with E-state index in [4.69, 9.17) is 9.26 Å². The van der Waals surface area contributed by atoms with E-state index in [2.05, 4.69) is 15.8 Å². The molecule has 1 aliphatic heterocycles. The fourth-order valence-electron chi connectivity index (χ4n) is 2.37. The Morgan fingerprint density at radius 1 is 1.45 bits per heavy atom. The number of hydrogen-bond acceptors (Lipinski definition) is 5. The van der Waals surface area contributed by atoms with Crippen LogP contribution in [0, 0.1) is 0 Å². The Hall–Kier alpha value is -1.40. The fraction of sp³-hybridized carbons (Fsp3) is 0.714. The summed E-state index contributed by atoms with van der Waals surface area (Å²) in [6, 6.07) is 0.113. The number of rotatable bonds is 6. The van der Waals surface area contributed by atoms with Crippen molar-refractivity contribution in [2.75, 3.05) is 19.8 Å². The second-order valence-corrected chi connectivity index (χ2v) is 4.94. The summed E-state index contributed by atoms with van der Waals surface area (Å²) < 4.78 is 10.6. The lowest BCUT2D eigenvalue weighted by atomic mass is 10.1. The molecule has 112 valence electrons. The molecule has 0 aliphatic carbocycles. The molecule has 1 atom stereocenters. The molecule has 1 saturated heterocycles. The second-order valence-electron chi connectivity index (χ2n) is 4.94. The van der Waals surface area contributed by atoms with E-state index in [1.807, 2.05) is 13.8 Å². The lowest BCUT2D eigenvalue weighted by Crippen LogP contribution is -2.44. The number of hydrogen-bond donors (Lipinski definition) is 2. The Labute approximate surface area is 119 Å². The number of carbonyl (C=O) groups is 1. The molecule has 1 aliphatic rings. The van der Waals surface area contributed by atoms with E-state index in [9.17, 15) is 4.79 Å². The molecule has 0 saturated carbocycles. The van der Waals surface area contributed by atoms with Crippen molar-refractivity contribution >= 4 is 5.91 Å². The van der Waals surface area contributed by atoms with E-state index in [1.54, 1.807) is 0 Å². The van der Waals surface area contributed by atoms with Gasteiger partial charge < -0.3 is 19.9 Å². The van der Waals surface area contributed by atoms with Crippen LogP contribution >= 0.6 is 0 Å². The second kappa shape index (κ2) is 7.40. The van der Waals surface area contributed by atoms with Crippen LogP contribution in [-0.4, -0.2) is 36.9 Å². The summed E-state index contributed by atoms with van der Waals surface area (Å²) in [5, 5.41) is 10.3. The molecule has 0 aromatic carbocycles. The first-order valence-electron chi connectivity index (χ1n) is 7.28.